The Balaban J connectivity index is 1.80. The van der Waals surface area contributed by atoms with E-state index in [1.165, 1.54) is 10.4 Å². The summed E-state index contributed by atoms with van der Waals surface area (Å²) in [6, 6.07) is 7.81. The third-order valence-electron chi connectivity index (χ3n) is 5.83. The van der Waals surface area contributed by atoms with Crippen LogP contribution in [0.4, 0.5) is 5.00 Å². The van der Waals surface area contributed by atoms with E-state index in [2.05, 4.69) is 31.8 Å². The molecule has 1 aromatic heterocycles. The van der Waals surface area contributed by atoms with Crippen molar-refractivity contribution in [3.63, 3.8) is 0 Å². The van der Waals surface area contributed by atoms with Gasteiger partial charge in [-0.3, -0.25) is 0 Å². The summed E-state index contributed by atoms with van der Waals surface area (Å²) in [7, 11) is 0. The van der Waals surface area contributed by atoms with Gasteiger partial charge in [0.25, 0.3) is 0 Å². The normalized spacial score (nSPS) is 15.7. The van der Waals surface area contributed by atoms with E-state index in [0.717, 1.165) is 29.8 Å². The molecule has 0 saturated heterocycles. The Labute approximate surface area is 200 Å². The lowest BCUT2D eigenvalue weighted by Gasteiger charge is -2.33. The maximum atomic E-state index is 11.6. The lowest BCUT2D eigenvalue weighted by molar-refractivity contribution is -0.145. The smallest absolute Gasteiger partial charge is 0.344 e. The van der Waals surface area contributed by atoms with Gasteiger partial charge in [0.15, 0.2) is 18.1 Å². The molecule has 0 saturated carbocycles. The summed E-state index contributed by atoms with van der Waals surface area (Å²) in [6.45, 7) is 11.1. The van der Waals surface area contributed by atoms with E-state index in [4.69, 9.17) is 14.2 Å². The fourth-order valence-electron chi connectivity index (χ4n) is 3.98. The Hall–Kier alpha value is -2.85. The molecule has 1 aromatic carbocycles. The summed E-state index contributed by atoms with van der Waals surface area (Å²) in [5.74, 6) is 1.19. The minimum absolute atomic E-state index is 0.177. The number of fused-ring (bicyclic) bond motifs is 1. The standard InChI is InChI=1S/C26H32N2O4S/c1-6-30-22-12-17(8-11-21(22)32-16-24(29)31-7-2)15-28-25-20(14-27)19-10-9-18(26(3,4)5)13-23(19)33-25/h8,11-12,15,18H,6-7,9-10,13,16H2,1-5H3/t18-/m1/s1. The lowest BCUT2D eigenvalue weighted by Crippen LogP contribution is -2.26. The first-order valence-electron chi connectivity index (χ1n) is 11.4. The summed E-state index contributed by atoms with van der Waals surface area (Å²) < 4.78 is 16.2. The lowest BCUT2D eigenvalue weighted by atomic mass is 9.72. The van der Waals surface area contributed by atoms with Gasteiger partial charge in [-0.2, -0.15) is 5.26 Å². The first-order valence-corrected chi connectivity index (χ1v) is 12.2. The van der Waals surface area contributed by atoms with E-state index in [-0.39, 0.29) is 12.0 Å². The molecule has 0 aliphatic heterocycles. The van der Waals surface area contributed by atoms with Crippen molar-refractivity contribution in [2.75, 3.05) is 19.8 Å². The van der Waals surface area contributed by atoms with Crippen LogP contribution in [0, 0.1) is 22.7 Å². The van der Waals surface area contributed by atoms with Crippen molar-refractivity contribution in [1.82, 2.24) is 0 Å². The molecular formula is C26H32N2O4S. The van der Waals surface area contributed by atoms with Crippen LogP contribution in [-0.4, -0.2) is 32.0 Å². The third-order valence-corrected chi connectivity index (χ3v) is 6.99. The number of esters is 1. The third kappa shape index (κ3) is 6.14. The van der Waals surface area contributed by atoms with Crippen LogP contribution < -0.4 is 9.47 Å². The van der Waals surface area contributed by atoms with Crippen LogP contribution in [0.15, 0.2) is 23.2 Å². The minimum atomic E-state index is -0.426. The van der Waals surface area contributed by atoms with Gasteiger partial charge in [-0.1, -0.05) is 20.8 Å². The van der Waals surface area contributed by atoms with Gasteiger partial charge in [-0.05, 0) is 73.8 Å². The fraction of sp³-hybridized carbons (Fsp3) is 0.500. The summed E-state index contributed by atoms with van der Waals surface area (Å²) in [4.78, 5) is 17.6. The number of hydrogen-bond acceptors (Lipinski definition) is 7. The van der Waals surface area contributed by atoms with E-state index in [0.29, 0.717) is 36.2 Å². The predicted octanol–water partition coefficient (Wildman–Crippen LogP) is 5.86. The molecule has 7 heteroatoms. The number of carbonyl (C=O) groups is 1. The van der Waals surface area contributed by atoms with Crippen LogP contribution in [0.25, 0.3) is 0 Å². The van der Waals surface area contributed by atoms with Crippen LogP contribution in [0.2, 0.25) is 0 Å². The molecule has 3 rings (SSSR count). The second kappa shape index (κ2) is 10.8. The molecule has 2 aromatic rings. The van der Waals surface area contributed by atoms with E-state index >= 15 is 0 Å². The molecule has 33 heavy (non-hydrogen) atoms. The highest BCUT2D eigenvalue weighted by atomic mass is 32.1. The number of nitriles is 1. The van der Waals surface area contributed by atoms with E-state index < -0.39 is 5.97 Å². The summed E-state index contributed by atoms with van der Waals surface area (Å²) in [5, 5.41) is 10.5. The molecule has 176 valence electrons. The number of carbonyl (C=O) groups excluding carboxylic acids is 1. The number of nitrogens with zero attached hydrogens (tertiary/aromatic N) is 2. The fourth-order valence-corrected chi connectivity index (χ4v) is 5.20. The van der Waals surface area contributed by atoms with Gasteiger partial charge in [0.05, 0.1) is 18.8 Å². The molecule has 6 nitrogen and oxygen atoms in total. The largest absolute Gasteiger partial charge is 0.490 e. The molecule has 0 amide bonds. The average molecular weight is 469 g/mol. The van der Waals surface area contributed by atoms with Crippen molar-refractivity contribution in [3.05, 3.63) is 39.8 Å². The van der Waals surface area contributed by atoms with Crippen molar-refractivity contribution in [2.24, 2.45) is 16.3 Å². The molecule has 1 atom stereocenters. The number of aliphatic imine (C=N–C) groups is 1. The van der Waals surface area contributed by atoms with Crippen LogP contribution in [0.1, 0.15) is 62.6 Å². The van der Waals surface area contributed by atoms with Crippen molar-refractivity contribution >= 4 is 28.5 Å². The SMILES string of the molecule is CCOC(=O)COc1ccc(C=Nc2sc3c(c2C#N)CC[C@@H](C(C)(C)C)C3)cc1OCC. The van der Waals surface area contributed by atoms with Crippen LogP contribution >= 0.6 is 11.3 Å². The van der Waals surface area contributed by atoms with Crippen LogP contribution in [0.3, 0.4) is 0 Å². The molecule has 1 aliphatic carbocycles. The topological polar surface area (TPSA) is 80.9 Å². The predicted molar refractivity (Wildman–Crippen MR) is 131 cm³/mol. The maximum Gasteiger partial charge on any atom is 0.344 e. The zero-order valence-corrected chi connectivity index (χ0v) is 20.9. The molecular weight excluding hydrogens is 436 g/mol. The van der Waals surface area contributed by atoms with E-state index in [1.54, 1.807) is 30.5 Å². The zero-order valence-electron chi connectivity index (χ0n) is 20.1. The second-order valence-corrected chi connectivity index (χ2v) is 10.2. The molecule has 1 aliphatic rings. The van der Waals surface area contributed by atoms with Gasteiger partial charge in [0.2, 0.25) is 0 Å². The number of benzene rings is 1. The molecule has 0 unspecified atom stereocenters. The van der Waals surface area contributed by atoms with Crippen LogP contribution in [-0.2, 0) is 22.4 Å². The highest BCUT2D eigenvalue weighted by molar-refractivity contribution is 7.16. The quantitative estimate of drug-likeness (QED) is 0.358. The Morgan fingerprint density at radius 2 is 2.03 bits per heavy atom. The van der Waals surface area contributed by atoms with Gasteiger partial charge in [-0.25, -0.2) is 9.79 Å². The van der Waals surface area contributed by atoms with E-state index in [1.807, 2.05) is 19.1 Å². The van der Waals surface area contributed by atoms with Gasteiger partial charge in [0, 0.05) is 11.1 Å². The van der Waals surface area contributed by atoms with Gasteiger partial charge in [-0.15, -0.1) is 11.3 Å². The zero-order chi connectivity index (χ0) is 24.0. The second-order valence-electron chi connectivity index (χ2n) is 9.09. The number of ether oxygens (including phenoxy) is 3. The van der Waals surface area contributed by atoms with E-state index in [9.17, 15) is 10.1 Å². The first kappa shape index (κ1) is 24.8. The summed E-state index contributed by atoms with van der Waals surface area (Å²) >= 11 is 1.63. The van der Waals surface area contributed by atoms with Crippen molar-refractivity contribution in [2.45, 2.75) is 53.9 Å². The summed E-state index contributed by atoms with van der Waals surface area (Å²) in [6.07, 6.45) is 4.80. The highest BCUT2D eigenvalue weighted by Gasteiger charge is 2.32. The number of hydrogen-bond donors (Lipinski definition) is 0. The molecule has 0 fully saturated rings. The molecule has 0 N–H and O–H groups in total. The first-order chi connectivity index (χ1) is 15.8. The van der Waals surface area contributed by atoms with Gasteiger partial charge in [0.1, 0.15) is 11.1 Å². The van der Waals surface area contributed by atoms with Crippen molar-refractivity contribution in [1.29, 1.82) is 5.26 Å². The minimum Gasteiger partial charge on any atom is -0.490 e. The summed E-state index contributed by atoms with van der Waals surface area (Å²) in [5.41, 5.74) is 2.96. The molecule has 0 radical (unpaired) electrons. The Morgan fingerprint density at radius 1 is 1.24 bits per heavy atom. The van der Waals surface area contributed by atoms with Gasteiger partial charge < -0.3 is 14.2 Å². The molecule has 0 spiro atoms. The Morgan fingerprint density at radius 3 is 2.70 bits per heavy atom. The molecule has 0 bridgehead atoms. The number of thiophene rings is 1. The van der Waals surface area contributed by atoms with Crippen molar-refractivity contribution in [3.8, 4) is 17.6 Å². The average Bonchev–Trinajstić information content (AvgIpc) is 3.13. The highest BCUT2D eigenvalue weighted by Crippen LogP contribution is 2.45. The van der Waals surface area contributed by atoms with Gasteiger partial charge >= 0.3 is 5.97 Å². The maximum absolute atomic E-state index is 11.6. The van der Waals surface area contributed by atoms with Crippen LogP contribution in [0.5, 0.6) is 11.5 Å². The Bertz CT molecular complexity index is 1060. The Kier molecular flexibility index (Phi) is 8.15. The monoisotopic (exact) mass is 468 g/mol. The van der Waals surface area contributed by atoms with Crippen molar-refractivity contribution < 1.29 is 19.0 Å². The number of rotatable bonds is 8. The molecule has 1 heterocycles.